The van der Waals surface area contributed by atoms with Crippen LogP contribution in [0.5, 0.6) is 0 Å². The first-order valence-corrected chi connectivity index (χ1v) is 8.83. The van der Waals surface area contributed by atoms with E-state index in [4.69, 9.17) is 16.0 Å². The second-order valence-corrected chi connectivity index (χ2v) is 7.73. The largest absolute Gasteiger partial charge is 0.444 e. The number of rotatable bonds is 4. The lowest BCUT2D eigenvalue weighted by atomic mass is 9.85. The number of thiophene rings is 1. The fraction of sp³-hybridized carbons (Fsp3) is 0.562. The molecule has 6 heteroatoms. The molecule has 0 spiro atoms. The van der Waals surface area contributed by atoms with Crippen molar-refractivity contribution in [3.63, 3.8) is 0 Å². The Bertz CT molecular complexity index is 640. The van der Waals surface area contributed by atoms with Gasteiger partial charge in [-0.15, -0.1) is 11.3 Å². The number of piperidine rings is 1. The van der Waals surface area contributed by atoms with Crippen molar-refractivity contribution in [2.24, 2.45) is 0 Å². The highest BCUT2D eigenvalue weighted by Gasteiger charge is 2.32. The van der Waals surface area contributed by atoms with Crippen molar-refractivity contribution in [1.29, 1.82) is 0 Å². The number of aromatic nitrogens is 1. The fourth-order valence-electron chi connectivity index (χ4n) is 3.28. The molecule has 1 aliphatic heterocycles. The van der Waals surface area contributed by atoms with Gasteiger partial charge in [-0.2, -0.15) is 0 Å². The minimum Gasteiger partial charge on any atom is -0.444 e. The van der Waals surface area contributed by atoms with Crippen LogP contribution in [0.3, 0.4) is 0 Å². The second-order valence-electron chi connectivity index (χ2n) is 6.01. The summed E-state index contributed by atoms with van der Waals surface area (Å²) in [5, 5.41) is 12.8. The first-order valence-electron chi connectivity index (χ1n) is 7.64. The van der Waals surface area contributed by atoms with Crippen molar-refractivity contribution >= 4 is 22.9 Å². The van der Waals surface area contributed by atoms with Gasteiger partial charge in [0.2, 0.25) is 5.89 Å². The van der Waals surface area contributed by atoms with Gasteiger partial charge in [-0.1, -0.05) is 11.6 Å². The van der Waals surface area contributed by atoms with Crippen LogP contribution >= 0.6 is 22.9 Å². The molecule has 0 aliphatic carbocycles. The summed E-state index contributed by atoms with van der Waals surface area (Å²) in [6, 6.07) is 2.51. The molecule has 1 aliphatic rings. The average Bonchev–Trinajstić information content (AvgIpc) is 3.05. The quantitative estimate of drug-likeness (QED) is 0.888. The summed E-state index contributed by atoms with van der Waals surface area (Å²) in [5.74, 6) is 2.03. The highest BCUT2D eigenvalue weighted by atomic mass is 35.5. The number of hydrogen-bond acceptors (Lipinski definition) is 5. The van der Waals surface area contributed by atoms with Crippen molar-refractivity contribution in [2.75, 3.05) is 6.61 Å². The van der Waals surface area contributed by atoms with E-state index in [1.807, 2.05) is 13.0 Å². The van der Waals surface area contributed by atoms with Crippen LogP contribution < -0.4 is 5.32 Å². The van der Waals surface area contributed by atoms with Gasteiger partial charge in [-0.25, -0.2) is 4.98 Å². The van der Waals surface area contributed by atoms with Crippen molar-refractivity contribution in [3.05, 3.63) is 38.7 Å². The smallest absolute Gasteiger partial charge is 0.211 e. The van der Waals surface area contributed by atoms with E-state index in [1.165, 1.54) is 10.4 Å². The minimum atomic E-state index is 0.130. The first kappa shape index (κ1) is 16.0. The van der Waals surface area contributed by atoms with Crippen molar-refractivity contribution in [1.82, 2.24) is 10.3 Å². The molecule has 0 radical (unpaired) electrons. The van der Waals surface area contributed by atoms with E-state index in [0.717, 1.165) is 28.8 Å². The summed E-state index contributed by atoms with van der Waals surface area (Å²) in [6.45, 7) is 4.26. The number of oxazole rings is 1. The Morgan fingerprint density at radius 3 is 3.00 bits per heavy atom. The maximum Gasteiger partial charge on any atom is 0.211 e. The predicted molar refractivity (Wildman–Crippen MR) is 88.7 cm³/mol. The Hall–Kier alpha value is -0.880. The van der Waals surface area contributed by atoms with E-state index < -0.39 is 0 Å². The van der Waals surface area contributed by atoms with E-state index in [1.54, 1.807) is 17.5 Å². The van der Waals surface area contributed by atoms with Gasteiger partial charge in [0.25, 0.3) is 0 Å². The highest BCUT2D eigenvalue weighted by Crippen LogP contribution is 2.42. The van der Waals surface area contributed by atoms with Gasteiger partial charge in [0, 0.05) is 17.5 Å². The SMILES string of the molecule is Cc1cnc(C2CC(c3sc(Cl)cc3CCO)CC(C)N2)o1. The summed E-state index contributed by atoms with van der Waals surface area (Å²) < 4.78 is 6.50. The summed E-state index contributed by atoms with van der Waals surface area (Å²) in [4.78, 5) is 5.68. The number of nitrogens with one attached hydrogen (secondary N) is 1. The monoisotopic (exact) mass is 340 g/mol. The molecule has 4 nitrogen and oxygen atoms in total. The standard InChI is InChI=1S/C16H21ClN2O2S/c1-9-5-12(15-11(3-4-20)7-14(17)22-15)6-13(19-9)16-18-8-10(2)21-16/h7-9,12-13,19-20H,3-6H2,1-2H3. The Kier molecular flexibility index (Phi) is 4.88. The molecule has 0 bridgehead atoms. The molecule has 3 unspecified atom stereocenters. The molecule has 1 saturated heterocycles. The Morgan fingerprint density at radius 2 is 2.32 bits per heavy atom. The molecule has 0 amide bonds. The normalized spacial score (nSPS) is 25.5. The van der Waals surface area contributed by atoms with Crippen LogP contribution in [-0.4, -0.2) is 22.7 Å². The van der Waals surface area contributed by atoms with Gasteiger partial charge >= 0.3 is 0 Å². The zero-order chi connectivity index (χ0) is 15.7. The van der Waals surface area contributed by atoms with Crippen LogP contribution in [0, 0.1) is 6.92 Å². The third-order valence-corrected chi connectivity index (χ3v) is 5.61. The third kappa shape index (κ3) is 3.38. The maximum absolute atomic E-state index is 9.26. The van der Waals surface area contributed by atoms with Crippen LogP contribution in [0.15, 0.2) is 16.7 Å². The van der Waals surface area contributed by atoms with Gasteiger partial charge in [0.05, 0.1) is 16.6 Å². The molecular formula is C16H21ClN2O2S. The molecule has 3 rings (SSSR count). The van der Waals surface area contributed by atoms with Gasteiger partial charge in [0.15, 0.2) is 0 Å². The average molecular weight is 341 g/mol. The van der Waals surface area contributed by atoms with Crippen LogP contribution in [0.2, 0.25) is 4.34 Å². The van der Waals surface area contributed by atoms with Crippen molar-refractivity contribution in [3.8, 4) is 0 Å². The van der Waals surface area contributed by atoms with Crippen molar-refractivity contribution < 1.29 is 9.52 Å². The Labute approximate surface area is 139 Å². The van der Waals surface area contributed by atoms with Gasteiger partial charge < -0.3 is 14.8 Å². The van der Waals surface area contributed by atoms with E-state index in [9.17, 15) is 5.11 Å². The molecule has 0 aromatic carbocycles. The molecule has 120 valence electrons. The van der Waals surface area contributed by atoms with Crippen molar-refractivity contribution in [2.45, 2.75) is 51.1 Å². The molecule has 0 saturated carbocycles. The van der Waals surface area contributed by atoms with E-state index >= 15 is 0 Å². The Morgan fingerprint density at radius 1 is 1.50 bits per heavy atom. The number of nitrogens with zero attached hydrogens (tertiary/aromatic N) is 1. The lowest BCUT2D eigenvalue weighted by molar-refractivity contribution is 0.265. The lowest BCUT2D eigenvalue weighted by Crippen LogP contribution is -2.38. The number of aliphatic hydroxyl groups is 1. The molecule has 3 atom stereocenters. The summed E-state index contributed by atoms with van der Waals surface area (Å²) in [5.41, 5.74) is 1.18. The molecule has 2 aromatic rings. The number of aliphatic hydroxyl groups excluding tert-OH is 1. The zero-order valence-corrected chi connectivity index (χ0v) is 14.4. The number of hydrogen-bond donors (Lipinski definition) is 2. The molecule has 1 fully saturated rings. The van der Waals surface area contributed by atoms with Crippen LogP contribution in [-0.2, 0) is 6.42 Å². The molecule has 3 heterocycles. The summed E-state index contributed by atoms with van der Waals surface area (Å²) >= 11 is 7.84. The summed E-state index contributed by atoms with van der Waals surface area (Å²) in [7, 11) is 0. The molecule has 22 heavy (non-hydrogen) atoms. The lowest BCUT2D eigenvalue weighted by Gasteiger charge is -2.33. The Balaban J connectivity index is 1.84. The number of aryl methyl sites for hydroxylation is 1. The van der Waals surface area contributed by atoms with E-state index in [0.29, 0.717) is 18.4 Å². The second kappa shape index (κ2) is 6.71. The molecule has 2 aromatic heterocycles. The van der Waals surface area contributed by atoms with Crippen LogP contribution in [0.1, 0.15) is 53.8 Å². The van der Waals surface area contributed by atoms with Gasteiger partial charge in [0.1, 0.15) is 5.76 Å². The maximum atomic E-state index is 9.26. The van der Waals surface area contributed by atoms with E-state index in [-0.39, 0.29) is 12.6 Å². The molecule has 2 N–H and O–H groups in total. The summed E-state index contributed by atoms with van der Waals surface area (Å²) in [6.07, 6.45) is 4.44. The predicted octanol–water partition coefficient (Wildman–Crippen LogP) is 3.83. The van der Waals surface area contributed by atoms with Crippen LogP contribution in [0.4, 0.5) is 0 Å². The van der Waals surface area contributed by atoms with Crippen LogP contribution in [0.25, 0.3) is 0 Å². The first-order chi connectivity index (χ1) is 10.6. The topological polar surface area (TPSA) is 58.3 Å². The number of halogens is 1. The van der Waals surface area contributed by atoms with Gasteiger partial charge in [-0.3, -0.25) is 0 Å². The fourth-order valence-corrected chi connectivity index (χ4v) is 4.72. The highest BCUT2D eigenvalue weighted by molar-refractivity contribution is 7.16. The zero-order valence-electron chi connectivity index (χ0n) is 12.8. The minimum absolute atomic E-state index is 0.130. The van der Waals surface area contributed by atoms with E-state index in [2.05, 4.69) is 17.2 Å². The van der Waals surface area contributed by atoms with Gasteiger partial charge in [-0.05, 0) is 50.7 Å². The third-order valence-electron chi connectivity index (χ3n) is 4.14. The molecular weight excluding hydrogens is 320 g/mol.